The van der Waals surface area contributed by atoms with Gasteiger partial charge < -0.3 is 10.2 Å². The van der Waals surface area contributed by atoms with Crippen LogP contribution in [0.2, 0.25) is 0 Å². The molecular weight excluding hydrogens is 370 g/mol. The number of nitrogens with one attached hydrogen (secondary N) is 2. The highest BCUT2D eigenvalue weighted by Gasteiger charge is 2.21. The van der Waals surface area contributed by atoms with Crippen LogP contribution in [0.4, 0.5) is 9.93 Å². The molecule has 1 aliphatic heterocycles. The molecule has 1 aliphatic rings. The van der Waals surface area contributed by atoms with E-state index in [2.05, 4.69) is 25.4 Å². The normalized spacial score (nSPS) is 15.0. The van der Waals surface area contributed by atoms with Crippen LogP contribution in [0.15, 0.2) is 22.9 Å². The van der Waals surface area contributed by atoms with Crippen LogP contribution in [0, 0.1) is 6.92 Å². The second kappa shape index (κ2) is 9.11. The van der Waals surface area contributed by atoms with E-state index in [9.17, 15) is 9.59 Å². The summed E-state index contributed by atoms with van der Waals surface area (Å²) >= 11 is 3.31. The Balaban J connectivity index is 1.33. The molecule has 0 aromatic carbocycles. The lowest BCUT2D eigenvalue weighted by molar-refractivity contribution is -0.121. The number of thiophene rings is 1. The van der Waals surface area contributed by atoms with Crippen molar-refractivity contribution in [2.24, 2.45) is 0 Å². The van der Waals surface area contributed by atoms with Gasteiger partial charge in [-0.3, -0.25) is 15.0 Å². The number of carbonyl (C=O) groups is 2. The maximum atomic E-state index is 12.0. The zero-order valence-electron chi connectivity index (χ0n) is 14.7. The largest absolute Gasteiger partial charge is 0.346 e. The van der Waals surface area contributed by atoms with E-state index in [1.165, 1.54) is 4.88 Å². The third-order valence-corrected chi connectivity index (χ3v) is 6.06. The number of anilines is 1. The molecule has 140 valence electrons. The predicted molar refractivity (Wildman–Crippen MR) is 105 cm³/mol. The van der Waals surface area contributed by atoms with E-state index in [0.29, 0.717) is 6.54 Å². The summed E-state index contributed by atoms with van der Waals surface area (Å²) in [5.74, 6) is -0.267. The second-order valence-electron chi connectivity index (χ2n) is 6.17. The average molecular weight is 394 g/mol. The molecule has 0 bridgehead atoms. The molecule has 26 heavy (non-hydrogen) atoms. The van der Waals surface area contributed by atoms with Gasteiger partial charge in [0.2, 0.25) is 5.91 Å². The Hall–Kier alpha value is -1.97. The molecular formula is C17H23N5O2S2. The van der Waals surface area contributed by atoms with Crippen molar-refractivity contribution >= 4 is 39.7 Å². The van der Waals surface area contributed by atoms with Gasteiger partial charge in [-0.05, 0) is 24.8 Å². The van der Waals surface area contributed by atoms with E-state index in [-0.39, 0.29) is 12.5 Å². The van der Waals surface area contributed by atoms with E-state index in [1.807, 2.05) is 29.8 Å². The van der Waals surface area contributed by atoms with E-state index in [1.54, 1.807) is 22.7 Å². The fourth-order valence-electron chi connectivity index (χ4n) is 2.75. The number of piperazine rings is 1. The van der Waals surface area contributed by atoms with Crippen LogP contribution in [-0.4, -0.2) is 61.1 Å². The van der Waals surface area contributed by atoms with Crippen molar-refractivity contribution in [3.05, 3.63) is 33.5 Å². The van der Waals surface area contributed by atoms with Gasteiger partial charge >= 0.3 is 6.03 Å². The highest BCUT2D eigenvalue weighted by atomic mass is 32.1. The molecule has 0 saturated carbocycles. The number of aromatic nitrogens is 1. The zero-order chi connectivity index (χ0) is 18.4. The van der Waals surface area contributed by atoms with Gasteiger partial charge in [0.25, 0.3) is 0 Å². The highest BCUT2D eigenvalue weighted by molar-refractivity contribution is 7.13. The Kier molecular flexibility index (Phi) is 6.59. The average Bonchev–Trinajstić information content (AvgIpc) is 3.27. The number of hydrogen-bond donors (Lipinski definition) is 2. The fraction of sp³-hybridized carbons (Fsp3) is 0.471. The van der Waals surface area contributed by atoms with Gasteiger partial charge in [0.05, 0.1) is 12.2 Å². The van der Waals surface area contributed by atoms with Gasteiger partial charge in [0.1, 0.15) is 0 Å². The summed E-state index contributed by atoms with van der Waals surface area (Å²) in [6.07, 6.45) is 0.775. The fourth-order valence-corrected chi connectivity index (χ4v) is 4.32. The molecule has 0 unspecified atom stereocenters. The van der Waals surface area contributed by atoms with Gasteiger partial charge in [-0.15, -0.1) is 22.7 Å². The Morgan fingerprint density at radius 2 is 2.04 bits per heavy atom. The number of urea groups is 1. The number of carbonyl (C=O) groups excluding carboxylic acids is 2. The summed E-state index contributed by atoms with van der Waals surface area (Å²) < 4.78 is 0. The van der Waals surface area contributed by atoms with Crippen LogP contribution in [0.25, 0.3) is 0 Å². The lowest BCUT2D eigenvalue weighted by Crippen LogP contribution is -2.51. The number of aryl methyl sites for hydroxylation is 1. The lowest BCUT2D eigenvalue weighted by Gasteiger charge is -2.34. The lowest BCUT2D eigenvalue weighted by atomic mass is 10.3. The third kappa shape index (κ3) is 5.52. The van der Waals surface area contributed by atoms with Crippen molar-refractivity contribution in [2.45, 2.75) is 13.3 Å². The topological polar surface area (TPSA) is 77.6 Å². The molecule has 0 aliphatic carbocycles. The molecule has 1 fully saturated rings. The first-order valence-electron chi connectivity index (χ1n) is 8.59. The Bertz CT molecular complexity index is 723. The van der Waals surface area contributed by atoms with Crippen LogP contribution in [0.5, 0.6) is 0 Å². The molecule has 0 radical (unpaired) electrons. The van der Waals surface area contributed by atoms with Crippen LogP contribution < -0.4 is 15.5 Å². The summed E-state index contributed by atoms with van der Waals surface area (Å²) in [6.45, 7) is 6.00. The molecule has 3 rings (SSSR count). The monoisotopic (exact) mass is 393 g/mol. The summed E-state index contributed by atoms with van der Waals surface area (Å²) in [6, 6.07) is 3.59. The van der Waals surface area contributed by atoms with Gasteiger partial charge in [-0.25, -0.2) is 9.78 Å². The Labute approximate surface area is 161 Å². The molecule has 0 spiro atoms. The number of amides is 3. The van der Waals surface area contributed by atoms with E-state index < -0.39 is 6.03 Å². The minimum Gasteiger partial charge on any atom is -0.346 e. The van der Waals surface area contributed by atoms with E-state index in [0.717, 1.165) is 43.4 Å². The van der Waals surface area contributed by atoms with Crippen molar-refractivity contribution < 1.29 is 9.59 Å². The van der Waals surface area contributed by atoms with Gasteiger partial charge in [0.15, 0.2) is 5.13 Å². The van der Waals surface area contributed by atoms with Crippen molar-refractivity contribution in [2.75, 3.05) is 44.2 Å². The number of hydrogen-bond acceptors (Lipinski definition) is 7. The quantitative estimate of drug-likeness (QED) is 0.781. The third-order valence-electron chi connectivity index (χ3n) is 4.11. The molecule has 7 nitrogen and oxygen atoms in total. The first-order valence-corrected chi connectivity index (χ1v) is 10.4. The predicted octanol–water partition coefficient (Wildman–Crippen LogP) is 1.70. The Morgan fingerprint density at radius 1 is 1.23 bits per heavy atom. The Morgan fingerprint density at radius 3 is 2.69 bits per heavy atom. The van der Waals surface area contributed by atoms with Crippen LogP contribution in [0.1, 0.15) is 10.6 Å². The highest BCUT2D eigenvalue weighted by Crippen LogP contribution is 2.21. The first kappa shape index (κ1) is 18.8. The molecule has 0 atom stereocenters. The van der Waals surface area contributed by atoms with Crippen molar-refractivity contribution in [3.8, 4) is 0 Å². The number of imide groups is 1. The van der Waals surface area contributed by atoms with Gasteiger partial charge in [0, 0.05) is 43.0 Å². The number of nitrogens with zero attached hydrogens (tertiary/aromatic N) is 3. The first-order chi connectivity index (χ1) is 12.6. The molecule has 2 N–H and O–H groups in total. The summed E-state index contributed by atoms with van der Waals surface area (Å²) in [7, 11) is 0. The summed E-state index contributed by atoms with van der Waals surface area (Å²) in [4.78, 5) is 33.8. The van der Waals surface area contributed by atoms with Crippen LogP contribution in [-0.2, 0) is 11.2 Å². The molecule has 3 amide bonds. The maximum absolute atomic E-state index is 12.0. The molecule has 9 heteroatoms. The van der Waals surface area contributed by atoms with Crippen molar-refractivity contribution in [1.29, 1.82) is 0 Å². The van der Waals surface area contributed by atoms with E-state index >= 15 is 0 Å². The van der Waals surface area contributed by atoms with Crippen molar-refractivity contribution in [3.63, 3.8) is 0 Å². The smallest absolute Gasteiger partial charge is 0.321 e. The minimum atomic E-state index is -0.427. The maximum Gasteiger partial charge on any atom is 0.321 e. The van der Waals surface area contributed by atoms with Gasteiger partial charge in [-0.2, -0.15) is 0 Å². The summed E-state index contributed by atoms with van der Waals surface area (Å²) in [5.41, 5.74) is 1.04. The summed E-state index contributed by atoms with van der Waals surface area (Å²) in [5, 5.41) is 10.2. The number of rotatable bonds is 6. The SMILES string of the molecule is Cc1csc(N2CCN(CC(=O)NC(=O)NCCc3cccs3)CC2)n1. The van der Waals surface area contributed by atoms with Gasteiger partial charge in [-0.1, -0.05) is 6.07 Å². The molecule has 2 aromatic heterocycles. The van der Waals surface area contributed by atoms with Crippen LogP contribution >= 0.6 is 22.7 Å². The standard InChI is InChI=1S/C17H23N5O2S2/c1-13-12-26-17(19-13)22-8-6-21(7-9-22)11-15(23)20-16(24)18-5-4-14-3-2-10-25-14/h2-3,10,12H,4-9,11H2,1H3,(H2,18,20,23,24). The molecule has 1 saturated heterocycles. The number of thiazole rings is 1. The van der Waals surface area contributed by atoms with E-state index in [4.69, 9.17) is 0 Å². The van der Waals surface area contributed by atoms with Crippen molar-refractivity contribution in [1.82, 2.24) is 20.5 Å². The zero-order valence-corrected chi connectivity index (χ0v) is 16.4. The minimum absolute atomic E-state index is 0.239. The molecule has 3 heterocycles. The second-order valence-corrected chi connectivity index (χ2v) is 8.04. The van der Waals surface area contributed by atoms with Crippen LogP contribution in [0.3, 0.4) is 0 Å². The molecule has 2 aromatic rings.